The Kier molecular flexibility index (Phi) is 4.67. The van der Waals surface area contributed by atoms with Gasteiger partial charge in [-0.15, -0.1) is 6.58 Å². The predicted octanol–water partition coefficient (Wildman–Crippen LogP) is 1.57. The Morgan fingerprint density at radius 1 is 1.33 bits per heavy atom. The molecule has 0 aliphatic heterocycles. The highest BCUT2D eigenvalue weighted by atomic mass is 32.2. The smallest absolute Gasteiger partial charge is 0.243 e. The number of rotatable bonds is 5. The normalized spacial score (nSPS) is 11.8. The van der Waals surface area contributed by atoms with Gasteiger partial charge in [0.15, 0.2) is 0 Å². The molecule has 0 atom stereocenters. The van der Waals surface area contributed by atoms with Crippen molar-refractivity contribution in [2.45, 2.75) is 25.3 Å². The largest absolute Gasteiger partial charge is 0.326 e. The second-order valence-electron chi connectivity index (χ2n) is 4.32. The highest BCUT2D eigenvalue weighted by Gasteiger charge is 2.22. The molecule has 0 saturated carbocycles. The second-order valence-corrected chi connectivity index (χ2v) is 6.34. The molecule has 0 amide bonds. The zero-order chi connectivity index (χ0) is 13.9. The first kappa shape index (κ1) is 14.9. The van der Waals surface area contributed by atoms with Crippen molar-refractivity contribution < 1.29 is 8.42 Å². The Morgan fingerprint density at radius 2 is 1.94 bits per heavy atom. The minimum Gasteiger partial charge on any atom is -0.326 e. The molecule has 5 heteroatoms. The number of nitrogens with two attached hydrogens (primary N) is 1. The minimum absolute atomic E-state index is 0.285. The first-order chi connectivity index (χ1) is 8.34. The fraction of sp³-hybridized carbons (Fsp3) is 0.385. The minimum atomic E-state index is -3.47. The highest BCUT2D eigenvalue weighted by Crippen LogP contribution is 2.23. The number of hydrogen-bond acceptors (Lipinski definition) is 3. The maximum atomic E-state index is 12.4. The lowest BCUT2D eigenvalue weighted by molar-refractivity contribution is 0.498. The van der Waals surface area contributed by atoms with E-state index in [1.54, 1.807) is 26.1 Å². The highest BCUT2D eigenvalue weighted by molar-refractivity contribution is 7.89. The molecule has 0 unspecified atom stereocenters. The molecule has 2 N–H and O–H groups in total. The molecular weight excluding hydrogens is 248 g/mol. The van der Waals surface area contributed by atoms with E-state index in [2.05, 4.69) is 6.58 Å². The fourth-order valence-electron chi connectivity index (χ4n) is 1.82. The van der Waals surface area contributed by atoms with E-state index >= 15 is 0 Å². The van der Waals surface area contributed by atoms with Crippen LogP contribution in [0.2, 0.25) is 0 Å². The lowest BCUT2D eigenvalue weighted by Crippen LogP contribution is -2.27. The van der Waals surface area contributed by atoms with E-state index in [9.17, 15) is 8.42 Å². The van der Waals surface area contributed by atoms with Crippen molar-refractivity contribution in [3.63, 3.8) is 0 Å². The standard InChI is InChI=1S/C13H20N2O2S/c1-5-6-15(4)18(16,17)13-8-12(9-14)10(2)7-11(13)3/h5,7-8H,1,6,9,14H2,2-4H3. The van der Waals surface area contributed by atoms with Crippen LogP contribution in [0.3, 0.4) is 0 Å². The van der Waals surface area contributed by atoms with Crippen LogP contribution in [0.4, 0.5) is 0 Å². The molecule has 100 valence electrons. The summed E-state index contributed by atoms with van der Waals surface area (Å²) < 4.78 is 26.0. The third-order valence-corrected chi connectivity index (χ3v) is 4.89. The van der Waals surface area contributed by atoms with E-state index in [-0.39, 0.29) is 6.54 Å². The Balaban J connectivity index is 3.36. The molecule has 1 aromatic carbocycles. The Hall–Kier alpha value is -1.17. The first-order valence-electron chi connectivity index (χ1n) is 5.72. The van der Waals surface area contributed by atoms with E-state index < -0.39 is 10.0 Å². The van der Waals surface area contributed by atoms with Gasteiger partial charge < -0.3 is 5.73 Å². The summed E-state index contributed by atoms with van der Waals surface area (Å²) in [5.74, 6) is 0. The van der Waals surface area contributed by atoms with Crippen molar-refractivity contribution in [1.82, 2.24) is 4.31 Å². The lowest BCUT2D eigenvalue weighted by Gasteiger charge is -2.18. The molecule has 0 radical (unpaired) electrons. The number of likely N-dealkylation sites (N-methyl/N-ethyl adjacent to an activating group) is 1. The molecule has 1 aromatic rings. The van der Waals surface area contributed by atoms with Gasteiger partial charge in [0.1, 0.15) is 0 Å². The SMILES string of the molecule is C=CCN(C)S(=O)(=O)c1cc(CN)c(C)cc1C. The van der Waals surface area contributed by atoms with Crippen LogP contribution in [-0.4, -0.2) is 26.3 Å². The van der Waals surface area contributed by atoms with Crippen LogP contribution < -0.4 is 5.73 Å². The maximum Gasteiger partial charge on any atom is 0.243 e. The van der Waals surface area contributed by atoms with E-state index in [0.717, 1.165) is 16.7 Å². The molecule has 0 aliphatic rings. The molecular formula is C13H20N2O2S. The molecule has 0 spiro atoms. The van der Waals surface area contributed by atoms with Gasteiger partial charge in [0.2, 0.25) is 10.0 Å². The molecule has 0 saturated heterocycles. The summed E-state index contributed by atoms with van der Waals surface area (Å²) in [4.78, 5) is 0.318. The number of sulfonamides is 1. The van der Waals surface area contributed by atoms with Gasteiger partial charge in [-0.2, -0.15) is 4.31 Å². The average molecular weight is 268 g/mol. The molecule has 0 bridgehead atoms. The maximum absolute atomic E-state index is 12.4. The molecule has 1 rings (SSSR count). The fourth-order valence-corrected chi connectivity index (χ4v) is 3.21. The zero-order valence-corrected chi connectivity index (χ0v) is 11.9. The number of hydrogen-bond donors (Lipinski definition) is 1. The summed E-state index contributed by atoms with van der Waals surface area (Å²) >= 11 is 0. The zero-order valence-electron chi connectivity index (χ0n) is 11.1. The predicted molar refractivity (Wildman–Crippen MR) is 73.8 cm³/mol. The van der Waals surface area contributed by atoms with E-state index in [4.69, 9.17) is 5.73 Å². The van der Waals surface area contributed by atoms with Crippen LogP contribution >= 0.6 is 0 Å². The molecule has 0 aliphatic carbocycles. The van der Waals surface area contributed by atoms with Crippen molar-refractivity contribution >= 4 is 10.0 Å². The van der Waals surface area contributed by atoms with Gasteiger partial charge in [-0.3, -0.25) is 0 Å². The first-order valence-corrected chi connectivity index (χ1v) is 7.16. The average Bonchev–Trinajstić information content (AvgIpc) is 2.29. The summed E-state index contributed by atoms with van der Waals surface area (Å²) in [7, 11) is -1.93. The van der Waals surface area contributed by atoms with Crippen molar-refractivity contribution in [3.8, 4) is 0 Å². The topological polar surface area (TPSA) is 63.4 Å². The summed E-state index contributed by atoms with van der Waals surface area (Å²) in [6.07, 6.45) is 1.56. The van der Waals surface area contributed by atoms with Crippen LogP contribution in [0.15, 0.2) is 29.7 Å². The molecule has 0 aromatic heterocycles. The van der Waals surface area contributed by atoms with Crippen LogP contribution in [0.1, 0.15) is 16.7 Å². The second kappa shape index (κ2) is 5.65. The summed E-state index contributed by atoms with van der Waals surface area (Å²) in [5.41, 5.74) is 8.23. The van der Waals surface area contributed by atoms with E-state index in [1.165, 1.54) is 4.31 Å². The van der Waals surface area contributed by atoms with Gasteiger partial charge in [-0.05, 0) is 36.6 Å². The van der Waals surface area contributed by atoms with Gasteiger partial charge in [-0.1, -0.05) is 12.1 Å². The summed E-state index contributed by atoms with van der Waals surface area (Å²) in [6.45, 7) is 7.89. The van der Waals surface area contributed by atoms with Gasteiger partial charge in [0, 0.05) is 20.1 Å². The van der Waals surface area contributed by atoms with Crippen LogP contribution in [0.5, 0.6) is 0 Å². The summed E-state index contributed by atoms with van der Waals surface area (Å²) in [5, 5.41) is 0. The van der Waals surface area contributed by atoms with Gasteiger partial charge >= 0.3 is 0 Å². The van der Waals surface area contributed by atoms with Gasteiger partial charge in [-0.25, -0.2) is 8.42 Å². The van der Waals surface area contributed by atoms with E-state index in [1.807, 2.05) is 13.0 Å². The van der Waals surface area contributed by atoms with E-state index in [0.29, 0.717) is 11.4 Å². The van der Waals surface area contributed by atoms with Crippen molar-refractivity contribution in [2.24, 2.45) is 5.73 Å². The molecule has 18 heavy (non-hydrogen) atoms. The Bertz CT molecular complexity index is 550. The number of nitrogens with zero attached hydrogens (tertiary/aromatic N) is 1. The molecule has 4 nitrogen and oxygen atoms in total. The lowest BCUT2D eigenvalue weighted by atomic mass is 10.1. The number of aryl methyl sites for hydroxylation is 2. The molecule has 0 fully saturated rings. The van der Waals surface area contributed by atoms with Crippen LogP contribution in [0.25, 0.3) is 0 Å². The van der Waals surface area contributed by atoms with Crippen molar-refractivity contribution in [2.75, 3.05) is 13.6 Å². The van der Waals surface area contributed by atoms with Crippen LogP contribution in [0, 0.1) is 13.8 Å². The Labute approximate surface area is 109 Å². The van der Waals surface area contributed by atoms with Crippen molar-refractivity contribution in [1.29, 1.82) is 0 Å². The quantitative estimate of drug-likeness (QED) is 0.824. The van der Waals surface area contributed by atoms with Gasteiger partial charge in [0.25, 0.3) is 0 Å². The van der Waals surface area contributed by atoms with Crippen molar-refractivity contribution in [3.05, 3.63) is 41.5 Å². The van der Waals surface area contributed by atoms with Crippen LogP contribution in [-0.2, 0) is 16.6 Å². The summed E-state index contributed by atoms with van der Waals surface area (Å²) in [6, 6.07) is 3.52. The number of benzene rings is 1. The van der Waals surface area contributed by atoms with Gasteiger partial charge in [0.05, 0.1) is 4.90 Å². The third-order valence-electron chi connectivity index (χ3n) is 2.93. The Morgan fingerprint density at radius 3 is 2.44 bits per heavy atom. The molecule has 0 heterocycles. The monoisotopic (exact) mass is 268 g/mol. The third kappa shape index (κ3) is 2.80.